The van der Waals surface area contributed by atoms with Gasteiger partial charge in [-0.2, -0.15) is 0 Å². The van der Waals surface area contributed by atoms with Crippen LogP contribution in [0.2, 0.25) is 0 Å². The molecule has 0 fully saturated rings. The van der Waals surface area contributed by atoms with Crippen LogP contribution >= 0.6 is 0 Å². The molecule has 6 nitrogen and oxygen atoms in total. The lowest BCUT2D eigenvalue weighted by molar-refractivity contribution is 0.102. The molecule has 1 aromatic heterocycles. The molecule has 4 rings (SSSR count). The van der Waals surface area contributed by atoms with Gasteiger partial charge in [0.2, 0.25) is 10.0 Å². The molecular formula is C23H23N3O3S. The van der Waals surface area contributed by atoms with Gasteiger partial charge in [-0.25, -0.2) is 13.1 Å². The van der Waals surface area contributed by atoms with E-state index in [0.717, 1.165) is 28.4 Å². The number of carbonyl (C=O) groups is 1. The Bertz CT molecular complexity index is 1340. The van der Waals surface area contributed by atoms with Crippen LogP contribution < -0.4 is 10.0 Å². The Morgan fingerprint density at radius 2 is 1.60 bits per heavy atom. The van der Waals surface area contributed by atoms with E-state index < -0.39 is 10.0 Å². The van der Waals surface area contributed by atoms with E-state index in [9.17, 15) is 13.2 Å². The maximum Gasteiger partial charge on any atom is 0.255 e. The Kier molecular flexibility index (Phi) is 5.32. The molecule has 0 saturated carbocycles. The Labute approximate surface area is 175 Å². The highest BCUT2D eigenvalue weighted by Gasteiger charge is 2.15. The molecule has 3 aromatic carbocycles. The van der Waals surface area contributed by atoms with Crippen molar-refractivity contribution in [3.05, 3.63) is 72.3 Å². The second-order valence-corrected chi connectivity index (χ2v) is 8.74. The number of nitrogens with zero attached hydrogens (tertiary/aromatic N) is 1. The maximum absolute atomic E-state index is 12.7. The quantitative estimate of drug-likeness (QED) is 0.485. The zero-order valence-electron chi connectivity index (χ0n) is 16.8. The predicted octanol–water partition coefficient (Wildman–Crippen LogP) is 4.36. The molecule has 4 aromatic rings. The molecule has 1 amide bonds. The number of para-hydroxylation sites is 1. The fourth-order valence-corrected chi connectivity index (χ4v) is 4.78. The Morgan fingerprint density at radius 1 is 0.900 bits per heavy atom. The molecule has 0 atom stereocenters. The van der Waals surface area contributed by atoms with Crippen molar-refractivity contribution in [2.75, 3.05) is 11.9 Å². The van der Waals surface area contributed by atoms with Crippen LogP contribution in [-0.4, -0.2) is 25.4 Å². The molecule has 0 bridgehead atoms. The molecule has 0 aliphatic carbocycles. The summed E-state index contributed by atoms with van der Waals surface area (Å²) < 4.78 is 28.8. The van der Waals surface area contributed by atoms with Crippen molar-refractivity contribution in [2.24, 2.45) is 0 Å². The lowest BCUT2D eigenvalue weighted by Gasteiger charge is -2.08. The fourth-order valence-electron chi connectivity index (χ4n) is 3.73. The van der Waals surface area contributed by atoms with Gasteiger partial charge in [-0.05, 0) is 55.5 Å². The number of aromatic nitrogens is 1. The minimum Gasteiger partial charge on any atom is -0.341 e. The zero-order valence-corrected chi connectivity index (χ0v) is 17.7. The number of hydrogen-bond donors (Lipinski definition) is 2. The SMILES string of the molecule is CCNS(=O)(=O)c1ccc(C(=O)Nc2ccc3c(c2)c2ccccc2n3CC)cc1. The first-order valence-electron chi connectivity index (χ1n) is 9.86. The van der Waals surface area contributed by atoms with Crippen molar-refractivity contribution in [1.82, 2.24) is 9.29 Å². The number of rotatable bonds is 6. The van der Waals surface area contributed by atoms with Crippen LogP contribution in [0.25, 0.3) is 21.8 Å². The number of hydrogen-bond acceptors (Lipinski definition) is 3. The first-order valence-corrected chi connectivity index (χ1v) is 11.3. The van der Waals surface area contributed by atoms with Crippen molar-refractivity contribution in [3.8, 4) is 0 Å². The minimum atomic E-state index is -3.54. The van der Waals surface area contributed by atoms with Crippen LogP contribution in [0.1, 0.15) is 24.2 Å². The number of amides is 1. The first-order chi connectivity index (χ1) is 14.4. The molecule has 2 N–H and O–H groups in total. The van der Waals surface area contributed by atoms with Crippen molar-refractivity contribution >= 4 is 43.4 Å². The monoisotopic (exact) mass is 421 g/mol. The molecule has 0 unspecified atom stereocenters. The summed E-state index contributed by atoms with van der Waals surface area (Å²) in [6.07, 6.45) is 0. The van der Waals surface area contributed by atoms with Gasteiger partial charge in [0.25, 0.3) is 5.91 Å². The number of sulfonamides is 1. The van der Waals surface area contributed by atoms with E-state index in [0.29, 0.717) is 17.8 Å². The third-order valence-corrected chi connectivity index (χ3v) is 6.67. The fraction of sp³-hybridized carbons (Fsp3) is 0.174. The van der Waals surface area contributed by atoms with E-state index in [-0.39, 0.29) is 10.8 Å². The van der Waals surface area contributed by atoms with Gasteiger partial charge in [0, 0.05) is 46.1 Å². The Hall–Kier alpha value is -3.16. The maximum atomic E-state index is 12.7. The third-order valence-electron chi connectivity index (χ3n) is 5.11. The van der Waals surface area contributed by atoms with E-state index in [4.69, 9.17) is 0 Å². The van der Waals surface area contributed by atoms with Gasteiger partial charge in [0.1, 0.15) is 0 Å². The lowest BCUT2D eigenvalue weighted by Crippen LogP contribution is -2.23. The van der Waals surface area contributed by atoms with Crippen LogP contribution in [0.3, 0.4) is 0 Å². The standard InChI is InChI=1S/C23H23N3O3S/c1-3-24-30(28,29)18-12-9-16(10-13-18)23(27)25-17-11-14-22-20(15-17)19-7-5-6-8-21(19)26(22)4-2/h5-15,24H,3-4H2,1-2H3,(H,25,27). The summed E-state index contributed by atoms with van der Waals surface area (Å²) in [5.74, 6) is -0.291. The largest absolute Gasteiger partial charge is 0.341 e. The normalized spacial score (nSPS) is 11.8. The van der Waals surface area contributed by atoms with Crippen LogP contribution in [0.15, 0.2) is 71.6 Å². The number of aryl methyl sites for hydroxylation is 1. The van der Waals surface area contributed by atoms with Gasteiger partial charge in [-0.15, -0.1) is 0 Å². The van der Waals surface area contributed by atoms with Gasteiger partial charge >= 0.3 is 0 Å². The van der Waals surface area contributed by atoms with E-state index in [2.05, 4.69) is 33.7 Å². The van der Waals surface area contributed by atoms with E-state index >= 15 is 0 Å². The van der Waals surface area contributed by atoms with Crippen LogP contribution in [0.4, 0.5) is 5.69 Å². The summed E-state index contributed by atoms with van der Waals surface area (Å²) >= 11 is 0. The summed E-state index contributed by atoms with van der Waals surface area (Å²) in [6, 6.07) is 20.0. The minimum absolute atomic E-state index is 0.134. The van der Waals surface area contributed by atoms with Gasteiger partial charge in [0.05, 0.1) is 4.90 Å². The Balaban J connectivity index is 1.63. The second-order valence-electron chi connectivity index (χ2n) is 6.97. The molecule has 30 heavy (non-hydrogen) atoms. The number of fused-ring (bicyclic) bond motifs is 3. The highest BCUT2D eigenvalue weighted by Crippen LogP contribution is 2.31. The molecule has 0 aliphatic heterocycles. The van der Waals surface area contributed by atoms with Gasteiger partial charge in [0.15, 0.2) is 0 Å². The average molecular weight is 422 g/mol. The summed E-state index contributed by atoms with van der Waals surface area (Å²) in [5, 5.41) is 5.14. The third kappa shape index (κ3) is 3.58. The number of benzene rings is 3. The van der Waals surface area contributed by atoms with Crippen LogP contribution in [0, 0.1) is 0 Å². The predicted molar refractivity (Wildman–Crippen MR) is 120 cm³/mol. The van der Waals surface area contributed by atoms with Crippen molar-refractivity contribution < 1.29 is 13.2 Å². The molecular weight excluding hydrogens is 398 g/mol. The molecule has 154 valence electrons. The molecule has 0 aliphatic rings. The van der Waals surface area contributed by atoms with Crippen LogP contribution in [-0.2, 0) is 16.6 Å². The number of carbonyl (C=O) groups excluding carboxylic acids is 1. The number of nitrogens with one attached hydrogen (secondary N) is 2. The van der Waals surface area contributed by atoms with Gasteiger partial charge in [-0.3, -0.25) is 4.79 Å². The summed E-state index contributed by atoms with van der Waals surface area (Å²) in [6.45, 7) is 4.99. The highest BCUT2D eigenvalue weighted by atomic mass is 32.2. The summed E-state index contributed by atoms with van der Waals surface area (Å²) in [5.41, 5.74) is 3.36. The zero-order chi connectivity index (χ0) is 21.3. The lowest BCUT2D eigenvalue weighted by atomic mass is 10.1. The van der Waals surface area contributed by atoms with E-state index in [1.807, 2.05) is 30.3 Å². The molecule has 0 radical (unpaired) electrons. The molecule has 0 saturated heterocycles. The first kappa shape index (κ1) is 20.1. The molecule has 7 heteroatoms. The van der Waals surface area contributed by atoms with Crippen molar-refractivity contribution in [2.45, 2.75) is 25.3 Å². The number of anilines is 1. The Morgan fingerprint density at radius 3 is 2.30 bits per heavy atom. The van der Waals surface area contributed by atoms with Crippen LogP contribution in [0.5, 0.6) is 0 Å². The average Bonchev–Trinajstić information content (AvgIpc) is 3.07. The topological polar surface area (TPSA) is 80.2 Å². The van der Waals surface area contributed by atoms with Gasteiger partial charge < -0.3 is 9.88 Å². The van der Waals surface area contributed by atoms with E-state index in [1.54, 1.807) is 6.92 Å². The van der Waals surface area contributed by atoms with Crippen molar-refractivity contribution in [1.29, 1.82) is 0 Å². The second kappa shape index (κ2) is 7.93. The van der Waals surface area contributed by atoms with Crippen molar-refractivity contribution in [3.63, 3.8) is 0 Å². The molecule has 0 spiro atoms. The van der Waals surface area contributed by atoms with E-state index in [1.165, 1.54) is 24.3 Å². The summed E-state index contributed by atoms with van der Waals surface area (Å²) in [7, 11) is -3.54. The smallest absolute Gasteiger partial charge is 0.255 e. The van der Waals surface area contributed by atoms with Gasteiger partial charge in [-0.1, -0.05) is 25.1 Å². The molecule has 1 heterocycles. The summed E-state index contributed by atoms with van der Waals surface area (Å²) in [4.78, 5) is 12.8. The highest BCUT2D eigenvalue weighted by molar-refractivity contribution is 7.89.